The molecule has 1 amide bonds. The van der Waals surface area contributed by atoms with Gasteiger partial charge in [0.25, 0.3) is 0 Å². The van der Waals surface area contributed by atoms with E-state index in [1.54, 1.807) is 30.1 Å². The molecule has 20 heavy (non-hydrogen) atoms. The first kappa shape index (κ1) is 16.0. The minimum Gasteiger partial charge on any atom is -0.409 e. The predicted molar refractivity (Wildman–Crippen MR) is 81.1 cm³/mol. The van der Waals surface area contributed by atoms with Gasteiger partial charge in [0, 0.05) is 19.0 Å². The van der Waals surface area contributed by atoms with Gasteiger partial charge in [-0.3, -0.25) is 4.79 Å². The molecule has 0 aliphatic heterocycles. The fraction of sp³-hybridized carbons (Fsp3) is 0.467. The van der Waals surface area contributed by atoms with Crippen LogP contribution in [-0.4, -0.2) is 24.0 Å². The van der Waals surface area contributed by atoms with Gasteiger partial charge in [0.15, 0.2) is 5.84 Å². The molecule has 0 aliphatic carbocycles. The van der Waals surface area contributed by atoms with Gasteiger partial charge in [-0.25, -0.2) is 0 Å². The highest BCUT2D eigenvalue weighted by molar-refractivity contribution is 6.06. The quantitative estimate of drug-likeness (QED) is 0.264. The fourth-order valence-corrected chi connectivity index (χ4v) is 2.04. The lowest BCUT2D eigenvalue weighted by Gasteiger charge is -2.20. The van der Waals surface area contributed by atoms with E-state index in [1.807, 2.05) is 6.07 Å². The minimum absolute atomic E-state index is 0.00577. The second-order valence-corrected chi connectivity index (χ2v) is 4.77. The number of oxime groups is 1. The summed E-state index contributed by atoms with van der Waals surface area (Å²) in [7, 11) is 1.71. The molecule has 0 unspecified atom stereocenters. The van der Waals surface area contributed by atoms with Crippen LogP contribution in [0.3, 0.4) is 0 Å². The Morgan fingerprint density at radius 3 is 2.65 bits per heavy atom. The first-order chi connectivity index (χ1) is 9.61. The molecule has 3 N–H and O–H groups in total. The van der Waals surface area contributed by atoms with Crippen molar-refractivity contribution in [2.75, 3.05) is 11.9 Å². The second-order valence-electron chi connectivity index (χ2n) is 4.77. The Balaban J connectivity index is 2.76. The van der Waals surface area contributed by atoms with Crippen LogP contribution in [0.4, 0.5) is 5.69 Å². The fourth-order valence-electron chi connectivity index (χ4n) is 2.04. The van der Waals surface area contributed by atoms with Crippen LogP contribution in [0.1, 0.15) is 44.6 Å². The van der Waals surface area contributed by atoms with Gasteiger partial charge < -0.3 is 15.8 Å². The number of benzene rings is 1. The zero-order chi connectivity index (χ0) is 15.0. The van der Waals surface area contributed by atoms with E-state index in [4.69, 9.17) is 10.9 Å². The molecule has 1 aromatic rings. The van der Waals surface area contributed by atoms with Crippen LogP contribution in [0, 0.1) is 0 Å². The first-order valence-electron chi connectivity index (χ1n) is 6.95. The Hall–Kier alpha value is -2.04. The van der Waals surface area contributed by atoms with Gasteiger partial charge in [-0.05, 0) is 18.6 Å². The van der Waals surface area contributed by atoms with Crippen molar-refractivity contribution < 1.29 is 10.0 Å². The summed E-state index contributed by atoms with van der Waals surface area (Å²) in [6, 6.07) is 7.13. The molecule has 0 spiro atoms. The van der Waals surface area contributed by atoms with Gasteiger partial charge in [-0.1, -0.05) is 43.5 Å². The largest absolute Gasteiger partial charge is 0.409 e. The molecule has 0 aromatic heterocycles. The standard InChI is InChI=1S/C15H23N3O2/c1-3-4-5-6-11-14(19)18(2)13-10-8-7-9-12(13)15(16)17-20/h7-10,20H,3-6,11H2,1-2H3,(H2,16,17). The maximum absolute atomic E-state index is 12.2. The Morgan fingerprint density at radius 2 is 2.00 bits per heavy atom. The smallest absolute Gasteiger partial charge is 0.226 e. The van der Waals surface area contributed by atoms with Crippen molar-refractivity contribution in [1.82, 2.24) is 0 Å². The van der Waals surface area contributed by atoms with E-state index in [0.29, 0.717) is 17.7 Å². The van der Waals surface area contributed by atoms with Crippen molar-refractivity contribution in [3.8, 4) is 0 Å². The molecule has 0 saturated heterocycles. The number of para-hydroxylation sites is 1. The van der Waals surface area contributed by atoms with Crippen LogP contribution >= 0.6 is 0 Å². The summed E-state index contributed by atoms with van der Waals surface area (Å²) in [5.41, 5.74) is 6.85. The van der Waals surface area contributed by atoms with Gasteiger partial charge >= 0.3 is 0 Å². The van der Waals surface area contributed by atoms with Crippen LogP contribution < -0.4 is 10.6 Å². The number of carbonyl (C=O) groups is 1. The molecule has 1 rings (SSSR count). The summed E-state index contributed by atoms with van der Waals surface area (Å²) in [5, 5.41) is 11.8. The summed E-state index contributed by atoms with van der Waals surface area (Å²) >= 11 is 0. The average molecular weight is 277 g/mol. The molecule has 5 heteroatoms. The van der Waals surface area contributed by atoms with Crippen molar-refractivity contribution in [3.05, 3.63) is 29.8 Å². The van der Waals surface area contributed by atoms with Crippen molar-refractivity contribution in [1.29, 1.82) is 0 Å². The van der Waals surface area contributed by atoms with Gasteiger partial charge in [0.2, 0.25) is 5.91 Å². The minimum atomic E-state index is 0.00577. The zero-order valence-electron chi connectivity index (χ0n) is 12.2. The molecular formula is C15H23N3O2. The van der Waals surface area contributed by atoms with Crippen molar-refractivity contribution in [3.63, 3.8) is 0 Å². The number of amidine groups is 1. The average Bonchev–Trinajstić information content (AvgIpc) is 2.49. The number of nitrogens with two attached hydrogens (primary N) is 1. The molecule has 0 heterocycles. The third-order valence-corrected chi connectivity index (χ3v) is 3.27. The third kappa shape index (κ3) is 4.26. The number of hydrogen-bond acceptors (Lipinski definition) is 3. The van der Waals surface area contributed by atoms with Gasteiger partial charge in [0.1, 0.15) is 0 Å². The van der Waals surface area contributed by atoms with E-state index < -0.39 is 0 Å². The zero-order valence-corrected chi connectivity index (χ0v) is 12.2. The van der Waals surface area contributed by atoms with E-state index in [9.17, 15) is 4.79 Å². The van der Waals surface area contributed by atoms with Crippen LogP contribution in [0.25, 0.3) is 0 Å². The van der Waals surface area contributed by atoms with E-state index in [2.05, 4.69) is 12.1 Å². The number of rotatable bonds is 7. The monoisotopic (exact) mass is 277 g/mol. The molecular weight excluding hydrogens is 254 g/mol. The van der Waals surface area contributed by atoms with E-state index in [1.165, 1.54) is 0 Å². The lowest BCUT2D eigenvalue weighted by atomic mass is 10.1. The Kier molecular flexibility index (Phi) is 6.56. The summed E-state index contributed by atoms with van der Waals surface area (Å²) in [6.07, 6.45) is 4.77. The van der Waals surface area contributed by atoms with Gasteiger partial charge in [-0.2, -0.15) is 0 Å². The summed E-state index contributed by atoms with van der Waals surface area (Å²) in [5.74, 6) is 0.0468. The molecule has 0 aliphatic rings. The number of nitrogens with zero attached hydrogens (tertiary/aromatic N) is 2. The van der Waals surface area contributed by atoms with E-state index >= 15 is 0 Å². The van der Waals surface area contributed by atoms with Crippen LogP contribution in [0.5, 0.6) is 0 Å². The predicted octanol–water partition coefficient (Wildman–Crippen LogP) is 2.71. The number of amides is 1. The van der Waals surface area contributed by atoms with E-state index in [-0.39, 0.29) is 11.7 Å². The molecule has 1 aromatic carbocycles. The van der Waals surface area contributed by atoms with Crippen LogP contribution in [0.2, 0.25) is 0 Å². The number of unbranched alkanes of at least 4 members (excludes halogenated alkanes) is 3. The summed E-state index contributed by atoms with van der Waals surface area (Å²) < 4.78 is 0. The molecule has 0 fully saturated rings. The summed E-state index contributed by atoms with van der Waals surface area (Å²) in [4.78, 5) is 13.7. The molecule has 0 atom stereocenters. The Labute approximate surface area is 120 Å². The van der Waals surface area contributed by atoms with Crippen molar-refractivity contribution in [2.45, 2.75) is 39.0 Å². The highest BCUT2D eigenvalue weighted by atomic mass is 16.4. The highest BCUT2D eigenvalue weighted by Crippen LogP contribution is 2.20. The summed E-state index contributed by atoms with van der Waals surface area (Å²) in [6.45, 7) is 2.14. The van der Waals surface area contributed by atoms with Crippen molar-refractivity contribution >= 4 is 17.4 Å². The lowest BCUT2D eigenvalue weighted by molar-refractivity contribution is -0.118. The molecule has 5 nitrogen and oxygen atoms in total. The maximum atomic E-state index is 12.2. The molecule has 0 bridgehead atoms. The molecule has 0 saturated carbocycles. The maximum Gasteiger partial charge on any atom is 0.226 e. The van der Waals surface area contributed by atoms with Gasteiger partial charge in [-0.15, -0.1) is 0 Å². The Bertz CT molecular complexity index is 472. The normalized spacial score (nSPS) is 11.4. The SMILES string of the molecule is CCCCCCC(=O)N(C)c1ccccc1/C(N)=N/O. The van der Waals surface area contributed by atoms with Gasteiger partial charge in [0.05, 0.1) is 5.69 Å². The topological polar surface area (TPSA) is 78.9 Å². The first-order valence-corrected chi connectivity index (χ1v) is 6.95. The van der Waals surface area contributed by atoms with E-state index in [0.717, 1.165) is 25.7 Å². The van der Waals surface area contributed by atoms with Crippen LogP contribution in [-0.2, 0) is 4.79 Å². The molecule has 0 radical (unpaired) electrons. The third-order valence-electron chi connectivity index (χ3n) is 3.27. The Morgan fingerprint density at radius 1 is 1.30 bits per heavy atom. The number of carbonyl (C=O) groups excluding carboxylic acids is 1. The number of anilines is 1. The number of hydrogen-bond donors (Lipinski definition) is 2. The second kappa shape index (κ2) is 8.19. The molecule has 110 valence electrons. The van der Waals surface area contributed by atoms with Crippen LogP contribution in [0.15, 0.2) is 29.4 Å². The van der Waals surface area contributed by atoms with Crippen molar-refractivity contribution in [2.24, 2.45) is 10.9 Å². The lowest BCUT2D eigenvalue weighted by Crippen LogP contribution is -2.28. The highest BCUT2D eigenvalue weighted by Gasteiger charge is 2.15.